The molecule has 1 heterocycles. The van der Waals surface area contributed by atoms with Gasteiger partial charge in [-0.2, -0.15) is 0 Å². The topological polar surface area (TPSA) is 139 Å². The molecule has 0 unspecified atom stereocenters. The van der Waals surface area contributed by atoms with Gasteiger partial charge in [-0.25, -0.2) is 9.78 Å². The van der Waals surface area contributed by atoms with E-state index < -0.39 is 22.3 Å². The van der Waals surface area contributed by atoms with E-state index in [0.717, 1.165) is 0 Å². The number of ether oxygens (including phenoxy) is 3. The Labute approximate surface area is 155 Å². The molecule has 0 radical (unpaired) electrons. The molecule has 0 aliphatic heterocycles. The molecule has 1 amide bonds. The first-order chi connectivity index (χ1) is 12.6. The highest BCUT2D eigenvalue weighted by molar-refractivity contribution is 5.85. The van der Waals surface area contributed by atoms with Crippen molar-refractivity contribution >= 4 is 23.3 Å². The Morgan fingerprint density at radius 1 is 1.22 bits per heavy atom. The van der Waals surface area contributed by atoms with Gasteiger partial charge < -0.3 is 19.9 Å². The van der Waals surface area contributed by atoms with Crippen molar-refractivity contribution in [3.8, 4) is 17.2 Å². The average Bonchev–Trinajstić information content (AvgIpc) is 2.54. The number of hydrogen-bond acceptors (Lipinski definition) is 8. The third kappa shape index (κ3) is 5.21. The van der Waals surface area contributed by atoms with Crippen LogP contribution in [0.5, 0.6) is 17.2 Å². The second-order valence-corrected chi connectivity index (χ2v) is 6.39. The lowest BCUT2D eigenvalue weighted by Crippen LogP contribution is -2.27. The summed E-state index contributed by atoms with van der Waals surface area (Å²) in [6, 6.07) is 5.85. The number of carbonyl (C=O) groups excluding carboxylic acids is 1. The van der Waals surface area contributed by atoms with Crippen LogP contribution >= 0.6 is 0 Å². The van der Waals surface area contributed by atoms with Crippen molar-refractivity contribution in [1.29, 1.82) is 0 Å². The number of benzene rings is 1. The maximum Gasteiger partial charge on any atom is 0.412 e. The number of nitrogens with zero attached hydrogens (tertiary/aromatic N) is 2. The fourth-order valence-corrected chi connectivity index (χ4v) is 2.09. The Kier molecular flexibility index (Phi) is 5.69. The van der Waals surface area contributed by atoms with Crippen molar-refractivity contribution in [3.63, 3.8) is 0 Å². The van der Waals surface area contributed by atoms with E-state index in [2.05, 4.69) is 10.3 Å². The summed E-state index contributed by atoms with van der Waals surface area (Å²) in [6.45, 7) is 5.24. The van der Waals surface area contributed by atoms with E-state index in [1.165, 1.54) is 37.6 Å². The Morgan fingerprint density at radius 2 is 1.93 bits per heavy atom. The van der Waals surface area contributed by atoms with Gasteiger partial charge in [0.15, 0.2) is 11.5 Å². The molecule has 0 fully saturated rings. The van der Waals surface area contributed by atoms with Crippen LogP contribution in [-0.2, 0) is 4.74 Å². The van der Waals surface area contributed by atoms with Gasteiger partial charge in [-0.3, -0.25) is 15.4 Å². The Bertz CT molecular complexity index is 863. The number of nitrogens with one attached hydrogen (secondary N) is 1. The van der Waals surface area contributed by atoms with Gasteiger partial charge in [0.05, 0.1) is 12.0 Å². The summed E-state index contributed by atoms with van der Waals surface area (Å²) in [7, 11) is 1.40. The molecule has 27 heavy (non-hydrogen) atoms. The molecule has 0 spiro atoms. The molecule has 0 saturated carbocycles. The van der Waals surface area contributed by atoms with Gasteiger partial charge in [-0.05, 0) is 32.9 Å². The minimum absolute atomic E-state index is 0.0846. The molecule has 0 aliphatic carbocycles. The van der Waals surface area contributed by atoms with Crippen molar-refractivity contribution in [2.45, 2.75) is 26.4 Å². The number of pyridine rings is 1. The summed E-state index contributed by atoms with van der Waals surface area (Å²) in [5, 5.41) is 13.8. The molecule has 2 aromatic rings. The van der Waals surface area contributed by atoms with Gasteiger partial charge in [0.1, 0.15) is 5.60 Å². The van der Waals surface area contributed by atoms with Crippen LogP contribution in [0.4, 0.5) is 22.0 Å². The smallest absolute Gasteiger partial charge is 0.412 e. The number of aromatic nitrogens is 1. The number of hydrogen-bond donors (Lipinski definition) is 2. The van der Waals surface area contributed by atoms with Crippen LogP contribution in [0.25, 0.3) is 0 Å². The van der Waals surface area contributed by atoms with Gasteiger partial charge >= 0.3 is 11.8 Å². The highest BCUT2D eigenvalue weighted by Gasteiger charge is 2.22. The summed E-state index contributed by atoms with van der Waals surface area (Å²) in [5.74, 6) is 0.0903. The van der Waals surface area contributed by atoms with Crippen molar-refractivity contribution < 1.29 is 23.9 Å². The third-order valence-corrected chi connectivity index (χ3v) is 3.13. The first-order valence-electron chi connectivity index (χ1n) is 7.85. The standard InChI is InChI=1S/C17H20N4O6/c1-17(2,3)27-16(22)20-10-5-6-11(13(9-10)25-4)26-12-7-8-19-15(18)14(12)21(23)24/h5-9H,1-4H3,(H2,18,19)(H,20,22). The summed E-state index contributed by atoms with van der Waals surface area (Å²) in [4.78, 5) is 26.1. The van der Waals surface area contributed by atoms with Crippen molar-refractivity contribution in [2.24, 2.45) is 0 Å². The van der Waals surface area contributed by atoms with Crippen LogP contribution in [0.2, 0.25) is 0 Å². The quantitative estimate of drug-likeness (QED) is 0.594. The van der Waals surface area contributed by atoms with E-state index in [4.69, 9.17) is 19.9 Å². The minimum Gasteiger partial charge on any atom is -0.493 e. The molecular formula is C17H20N4O6. The largest absolute Gasteiger partial charge is 0.493 e. The predicted molar refractivity (Wildman–Crippen MR) is 98.2 cm³/mol. The second kappa shape index (κ2) is 7.77. The molecule has 10 nitrogen and oxygen atoms in total. The maximum absolute atomic E-state index is 11.9. The Morgan fingerprint density at radius 3 is 2.52 bits per heavy atom. The van der Waals surface area contributed by atoms with Gasteiger partial charge in [0, 0.05) is 24.0 Å². The lowest BCUT2D eigenvalue weighted by atomic mass is 10.2. The van der Waals surface area contributed by atoms with Crippen LogP contribution in [0.1, 0.15) is 20.8 Å². The lowest BCUT2D eigenvalue weighted by molar-refractivity contribution is -0.384. The number of nitrogens with two attached hydrogens (primary N) is 1. The van der Waals surface area contributed by atoms with Crippen LogP contribution < -0.4 is 20.5 Å². The summed E-state index contributed by atoms with van der Waals surface area (Å²) in [5.41, 5.74) is 4.86. The summed E-state index contributed by atoms with van der Waals surface area (Å²) in [6.07, 6.45) is 0.665. The maximum atomic E-state index is 11.9. The Hall–Kier alpha value is -3.56. The molecule has 144 valence electrons. The number of nitrogen functional groups attached to an aromatic ring is 1. The van der Waals surface area contributed by atoms with Crippen LogP contribution in [0, 0.1) is 10.1 Å². The monoisotopic (exact) mass is 376 g/mol. The van der Waals surface area contributed by atoms with Gasteiger partial charge in [-0.1, -0.05) is 0 Å². The van der Waals surface area contributed by atoms with E-state index in [1.807, 2.05) is 0 Å². The first-order valence-corrected chi connectivity index (χ1v) is 7.85. The van der Waals surface area contributed by atoms with Crippen LogP contribution in [0.15, 0.2) is 30.5 Å². The van der Waals surface area contributed by atoms with E-state index in [-0.39, 0.29) is 23.1 Å². The highest BCUT2D eigenvalue weighted by Crippen LogP contribution is 2.39. The minimum atomic E-state index is -0.678. The zero-order valence-electron chi connectivity index (χ0n) is 15.3. The number of methoxy groups -OCH3 is 1. The fraction of sp³-hybridized carbons (Fsp3) is 0.294. The fourth-order valence-electron chi connectivity index (χ4n) is 2.09. The molecule has 0 saturated heterocycles. The molecule has 0 aliphatic rings. The number of carbonyl (C=O) groups is 1. The normalized spacial score (nSPS) is 10.8. The number of nitro groups is 1. The zero-order chi connectivity index (χ0) is 20.2. The molecule has 0 bridgehead atoms. The number of rotatable bonds is 5. The molecule has 1 aromatic heterocycles. The van der Waals surface area contributed by atoms with Crippen molar-refractivity contribution in [3.05, 3.63) is 40.6 Å². The van der Waals surface area contributed by atoms with E-state index in [9.17, 15) is 14.9 Å². The number of anilines is 2. The van der Waals surface area contributed by atoms with Crippen molar-refractivity contribution in [2.75, 3.05) is 18.2 Å². The van der Waals surface area contributed by atoms with Gasteiger partial charge in [0.2, 0.25) is 11.6 Å². The van der Waals surface area contributed by atoms with Gasteiger partial charge in [0.25, 0.3) is 0 Å². The van der Waals surface area contributed by atoms with E-state index in [1.54, 1.807) is 20.8 Å². The SMILES string of the molecule is COc1cc(NC(=O)OC(C)(C)C)ccc1Oc1ccnc(N)c1[N+](=O)[O-]. The summed E-state index contributed by atoms with van der Waals surface area (Å²) < 4.78 is 16.0. The lowest BCUT2D eigenvalue weighted by Gasteiger charge is -2.20. The molecule has 3 N–H and O–H groups in total. The molecule has 2 rings (SSSR count). The third-order valence-electron chi connectivity index (χ3n) is 3.13. The highest BCUT2D eigenvalue weighted by atomic mass is 16.6. The number of amides is 1. The summed E-state index contributed by atoms with van der Waals surface area (Å²) >= 11 is 0. The van der Waals surface area contributed by atoms with E-state index in [0.29, 0.717) is 5.69 Å². The molecular weight excluding hydrogens is 356 g/mol. The molecule has 0 atom stereocenters. The average molecular weight is 376 g/mol. The van der Waals surface area contributed by atoms with E-state index >= 15 is 0 Å². The van der Waals surface area contributed by atoms with Gasteiger partial charge in [-0.15, -0.1) is 0 Å². The van der Waals surface area contributed by atoms with Crippen molar-refractivity contribution in [1.82, 2.24) is 4.98 Å². The first kappa shape index (κ1) is 19.8. The van der Waals surface area contributed by atoms with Crippen LogP contribution in [0.3, 0.4) is 0 Å². The predicted octanol–water partition coefficient (Wildman–Crippen LogP) is 3.72. The zero-order valence-corrected chi connectivity index (χ0v) is 15.3. The van der Waals surface area contributed by atoms with Crippen LogP contribution in [-0.4, -0.2) is 28.7 Å². The molecule has 1 aromatic carbocycles. The second-order valence-electron chi connectivity index (χ2n) is 6.39. The Balaban J connectivity index is 2.26. The molecule has 10 heteroatoms.